The van der Waals surface area contributed by atoms with Gasteiger partial charge in [-0.25, -0.2) is 4.79 Å². The molecule has 0 radical (unpaired) electrons. The number of esters is 1. The first kappa shape index (κ1) is 41.1. The number of azide groups is 1. The van der Waals surface area contributed by atoms with Crippen molar-refractivity contribution in [1.82, 2.24) is 16.0 Å². The predicted octanol–water partition coefficient (Wildman–Crippen LogP) is 2.96. The molecule has 52 heavy (non-hydrogen) atoms. The van der Waals surface area contributed by atoms with E-state index in [0.29, 0.717) is 94.6 Å². The second-order valence-corrected chi connectivity index (χ2v) is 11.4. The number of carbonyl (C=O) groups is 4. The Bertz CT molecular complexity index is 1600. The number of phenols is 1. The molecule has 0 saturated carbocycles. The summed E-state index contributed by atoms with van der Waals surface area (Å²) in [6, 6.07) is 18.0. The van der Waals surface area contributed by atoms with Crippen molar-refractivity contribution in [3.8, 4) is 11.5 Å². The molecule has 3 rings (SSSR count). The van der Waals surface area contributed by atoms with Crippen molar-refractivity contribution in [1.29, 1.82) is 0 Å². The Hall–Kier alpha value is -5.35. The first-order valence-electron chi connectivity index (χ1n) is 16.8. The van der Waals surface area contributed by atoms with E-state index in [1.165, 1.54) is 36.4 Å². The Morgan fingerprint density at radius 2 is 1.37 bits per heavy atom. The van der Waals surface area contributed by atoms with Gasteiger partial charge in [-0.15, -0.1) is 0 Å². The van der Waals surface area contributed by atoms with Crippen LogP contribution in [0.4, 0.5) is 5.69 Å². The third kappa shape index (κ3) is 16.6. The molecule has 0 unspecified atom stereocenters. The van der Waals surface area contributed by atoms with Gasteiger partial charge in [-0.05, 0) is 85.4 Å². The molecule has 16 heteroatoms. The summed E-state index contributed by atoms with van der Waals surface area (Å²) in [5, 5.41) is 21.6. The maximum atomic E-state index is 12.5. The largest absolute Gasteiger partial charge is 0.508 e. The van der Waals surface area contributed by atoms with Gasteiger partial charge in [0.1, 0.15) is 11.5 Å². The number of hydrogen-bond donors (Lipinski definition) is 5. The number of Topliss-reactive ketones (excluding diaryl/α,β-unsaturated/α-hetero) is 1. The van der Waals surface area contributed by atoms with E-state index < -0.39 is 17.9 Å². The Balaban J connectivity index is 1.10. The summed E-state index contributed by atoms with van der Waals surface area (Å²) in [4.78, 5) is 51.3. The molecule has 2 amide bonds. The minimum absolute atomic E-state index is 0.0568. The fourth-order valence-corrected chi connectivity index (χ4v) is 4.56. The second-order valence-electron chi connectivity index (χ2n) is 11.4. The molecule has 3 aromatic rings. The molecule has 0 aromatic heterocycles. The Labute approximate surface area is 301 Å². The number of ketones is 1. The van der Waals surface area contributed by atoms with Gasteiger partial charge in [0.15, 0.2) is 5.78 Å². The van der Waals surface area contributed by atoms with Crippen LogP contribution in [0.2, 0.25) is 0 Å². The zero-order chi connectivity index (χ0) is 37.4. The van der Waals surface area contributed by atoms with Crippen LogP contribution in [0, 0.1) is 0 Å². The number of benzene rings is 3. The van der Waals surface area contributed by atoms with Gasteiger partial charge in [0.05, 0.1) is 51.1 Å². The number of nitrogens with one attached hydrogen (secondary N) is 3. The van der Waals surface area contributed by atoms with Gasteiger partial charge < -0.3 is 40.4 Å². The number of phenolic OH excluding ortho intramolecular Hbond substituents is 1. The highest BCUT2D eigenvalue weighted by atomic mass is 16.5. The number of aromatic hydroxyl groups is 1. The normalized spacial score (nSPS) is 11.3. The molecule has 0 bridgehead atoms. The highest BCUT2D eigenvalue weighted by molar-refractivity contribution is 5.98. The summed E-state index contributed by atoms with van der Waals surface area (Å²) in [5.41, 5.74) is 15.9. The molecule has 278 valence electrons. The summed E-state index contributed by atoms with van der Waals surface area (Å²) in [5.74, 6) is -1.07. The summed E-state index contributed by atoms with van der Waals surface area (Å²) < 4.78 is 21.9. The van der Waals surface area contributed by atoms with E-state index in [2.05, 4.69) is 26.0 Å². The smallest absolute Gasteiger partial charge is 0.343 e. The highest BCUT2D eigenvalue weighted by Crippen LogP contribution is 2.17. The fraction of sp³-hybridized carbons (Fsp3) is 0.389. The number of rotatable bonds is 26. The minimum Gasteiger partial charge on any atom is -0.508 e. The van der Waals surface area contributed by atoms with Crippen LogP contribution in [-0.2, 0) is 30.2 Å². The number of nitrogens with two attached hydrogens (primary N) is 1. The van der Waals surface area contributed by atoms with Crippen molar-refractivity contribution in [2.45, 2.75) is 25.3 Å². The van der Waals surface area contributed by atoms with E-state index in [0.717, 1.165) is 5.56 Å². The molecule has 3 aromatic carbocycles. The van der Waals surface area contributed by atoms with Crippen LogP contribution in [0.25, 0.3) is 10.4 Å². The van der Waals surface area contributed by atoms with Crippen LogP contribution in [0.3, 0.4) is 0 Å². The zero-order valence-electron chi connectivity index (χ0n) is 28.8. The molecular weight excluding hydrogens is 674 g/mol. The average Bonchev–Trinajstić information content (AvgIpc) is 3.14. The molecular formula is C36H45N7O9. The van der Waals surface area contributed by atoms with E-state index in [4.69, 9.17) is 30.2 Å². The average molecular weight is 720 g/mol. The SMILES string of the molecule is [N-]=[N+]=Nc1ccc(C(=O)Oc2ccc(C(=O)CNCCCOCCOCCOCCCNC(=O)CN[C@@H](Cc3ccc(O)cc3)C(N)=O)cc2)cc1. The second kappa shape index (κ2) is 23.9. The lowest BCUT2D eigenvalue weighted by molar-refractivity contribution is -0.121. The number of nitrogens with zero attached hydrogens (tertiary/aromatic N) is 3. The van der Waals surface area contributed by atoms with E-state index in [-0.39, 0.29) is 30.5 Å². The third-order valence-electron chi connectivity index (χ3n) is 7.34. The lowest BCUT2D eigenvalue weighted by Gasteiger charge is -2.15. The van der Waals surface area contributed by atoms with Crippen molar-refractivity contribution in [3.63, 3.8) is 0 Å². The van der Waals surface area contributed by atoms with Gasteiger partial charge >= 0.3 is 5.97 Å². The first-order valence-corrected chi connectivity index (χ1v) is 16.8. The molecule has 0 aliphatic carbocycles. The first-order chi connectivity index (χ1) is 25.2. The molecule has 0 spiro atoms. The third-order valence-corrected chi connectivity index (χ3v) is 7.34. The highest BCUT2D eigenvalue weighted by Gasteiger charge is 2.17. The van der Waals surface area contributed by atoms with Crippen LogP contribution in [0.15, 0.2) is 77.9 Å². The predicted molar refractivity (Wildman–Crippen MR) is 191 cm³/mol. The van der Waals surface area contributed by atoms with Crippen molar-refractivity contribution in [2.75, 3.05) is 65.8 Å². The number of primary amides is 1. The van der Waals surface area contributed by atoms with Crippen molar-refractivity contribution in [3.05, 3.63) is 99.9 Å². The van der Waals surface area contributed by atoms with Crippen molar-refractivity contribution >= 4 is 29.3 Å². The topological polar surface area (TPSA) is 236 Å². The van der Waals surface area contributed by atoms with Crippen LogP contribution in [-0.4, -0.2) is 101 Å². The standard InChI is InChI=1S/C36H45N7O9/c37-35(47)32(23-26-3-11-30(44)12-4-26)41-25-34(46)40-16-2-18-50-20-22-51-21-19-49-17-1-15-39-24-33(45)27-7-13-31(14-8-27)52-36(48)28-5-9-29(10-6-28)42-43-38/h3-14,32,39,41,44H,1-2,15-25H2,(H2,37,47)(H,40,46)/t32-/m0/s1. The molecule has 0 aliphatic rings. The molecule has 0 heterocycles. The number of amides is 2. The van der Waals surface area contributed by atoms with E-state index in [9.17, 15) is 24.3 Å². The fourth-order valence-electron chi connectivity index (χ4n) is 4.56. The summed E-state index contributed by atoms with van der Waals surface area (Å²) in [7, 11) is 0. The van der Waals surface area contributed by atoms with E-state index in [1.54, 1.807) is 36.4 Å². The molecule has 0 fully saturated rings. The van der Waals surface area contributed by atoms with Gasteiger partial charge in [0.2, 0.25) is 11.8 Å². The Morgan fingerprint density at radius 3 is 1.98 bits per heavy atom. The zero-order valence-corrected chi connectivity index (χ0v) is 28.8. The summed E-state index contributed by atoms with van der Waals surface area (Å²) in [6.45, 7) is 3.76. The lowest BCUT2D eigenvalue weighted by Crippen LogP contribution is -2.47. The number of hydrogen-bond acceptors (Lipinski definition) is 12. The summed E-state index contributed by atoms with van der Waals surface area (Å²) in [6.07, 6.45) is 1.63. The summed E-state index contributed by atoms with van der Waals surface area (Å²) >= 11 is 0. The Kier molecular flexibility index (Phi) is 18.9. The van der Waals surface area contributed by atoms with Gasteiger partial charge in [0, 0.05) is 35.9 Å². The van der Waals surface area contributed by atoms with Gasteiger partial charge in [0.25, 0.3) is 0 Å². The molecule has 1 atom stereocenters. The minimum atomic E-state index is -0.713. The number of carbonyl (C=O) groups excluding carboxylic acids is 4. The van der Waals surface area contributed by atoms with Crippen LogP contribution in [0.1, 0.15) is 39.1 Å². The maximum Gasteiger partial charge on any atom is 0.343 e. The van der Waals surface area contributed by atoms with Gasteiger partial charge in [-0.1, -0.05) is 29.4 Å². The van der Waals surface area contributed by atoms with Crippen LogP contribution >= 0.6 is 0 Å². The van der Waals surface area contributed by atoms with Crippen LogP contribution in [0.5, 0.6) is 11.5 Å². The molecule has 0 aliphatic heterocycles. The molecule has 6 N–H and O–H groups in total. The molecule has 0 saturated heterocycles. The van der Waals surface area contributed by atoms with Crippen molar-refractivity contribution < 1.29 is 43.2 Å². The van der Waals surface area contributed by atoms with E-state index >= 15 is 0 Å². The van der Waals surface area contributed by atoms with Gasteiger partial charge in [-0.3, -0.25) is 19.7 Å². The maximum absolute atomic E-state index is 12.5. The molecule has 16 nitrogen and oxygen atoms in total. The monoisotopic (exact) mass is 719 g/mol. The quantitative estimate of drug-likeness (QED) is 0.0154. The van der Waals surface area contributed by atoms with Crippen LogP contribution < -0.4 is 26.4 Å². The van der Waals surface area contributed by atoms with E-state index in [1.807, 2.05) is 0 Å². The van der Waals surface area contributed by atoms with Crippen molar-refractivity contribution in [2.24, 2.45) is 10.8 Å². The lowest BCUT2D eigenvalue weighted by atomic mass is 10.1. The number of ether oxygens (including phenoxy) is 4. The Morgan fingerprint density at radius 1 is 0.769 bits per heavy atom. The van der Waals surface area contributed by atoms with Gasteiger partial charge in [-0.2, -0.15) is 0 Å².